The normalized spacial score (nSPS) is 10.4. The van der Waals surface area contributed by atoms with E-state index < -0.39 is 0 Å². The Bertz CT molecular complexity index is 436. The van der Waals surface area contributed by atoms with Crippen LogP contribution in [0.5, 0.6) is 0 Å². The van der Waals surface area contributed by atoms with E-state index in [4.69, 9.17) is 0 Å². The second-order valence-electron chi connectivity index (χ2n) is 3.11. The van der Waals surface area contributed by atoms with Crippen LogP contribution in [0.4, 0.5) is 0 Å². The number of nitrogens with zero attached hydrogens (tertiary/aromatic N) is 3. The molecular weight excluding hydrogens is 242 g/mol. The van der Waals surface area contributed by atoms with Crippen LogP contribution in [0.1, 0.15) is 11.3 Å². The molecule has 2 rings (SSSR count). The molecule has 1 aromatic heterocycles. The van der Waals surface area contributed by atoms with E-state index in [1.54, 1.807) is 6.20 Å². The van der Waals surface area contributed by atoms with Crippen LogP contribution in [0.3, 0.4) is 0 Å². The number of halogens is 1. The summed E-state index contributed by atoms with van der Waals surface area (Å²) in [5, 5.41) is 8.67. The molecule has 0 atom stereocenters. The standard InChI is InChI=1S/C10H10BrN3/c1-8-3-2-4-9(5-8)14-10(6-11)7-12-13-14/h2-5,7H,6H2,1H3. The maximum atomic E-state index is 4.04. The lowest BCUT2D eigenvalue weighted by Crippen LogP contribution is -2.00. The summed E-state index contributed by atoms with van der Waals surface area (Å²) in [6.45, 7) is 2.06. The second-order valence-corrected chi connectivity index (χ2v) is 3.67. The molecule has 14 heavy (non-hydrogen) atoms. The highest BCUT2D eigenvalue weighted by Crippen LogP contribution is 2.12. The highest BCUT2D eigenvalue weighted by atomic mass is 79.9. The van der Waals surface area contributed by atoms with E-state index in [0.717, 1.165) is 16.7 Å². The number of aromatic nitrogens is 3. The van der Waals surface area contributed by atoms with Gasteiger partial charge in [-0.15, -0.1) is 5.10 Å². The molecule has 1 heterocycles. The van der Waals surface area contributed by atoms with Gasteiger partial charge in [-0.1, -0.05) is 33.3 Å². The summed E-state index contributed by atoms with van der Waals surface area (Å²) >= 11 is 3.40. The molecule has 0 fully saturated rings. The van der Waals surface area contributed by atoms with Crippen LogP contribution in [0.2, 0.25) is 0 Å². The third-order valence-corrected chi connectivity index (χ3v) is 2.58. The first kappa shape index (κ1) is 9.40. The summed E-state index contributed by atoms with van der Waals surface area (Å²) < 4.78 is 1.84. The molecule has 0 saturated carbocycles. The van der Waals surface area contributed by atoms with Gasteiger partial charge in [0.2, 0.25) is 0 Å². The molecule has 0 radical (unpaired) electrons. The predicted molar refractivity (Wildman–Crippen MR) is 58.7 cm³/mol. The predicted octanol–water partition coefficient (Wildman–Crippen LogP) is 2.47. The van der Waals surface area contributed by atoms with Gasteiger partial charge >= 0.3 is 0 Å². The quantitative estimate of drug-likeness (QED) is 0.768. The number of aryl methyl sites for hydroxylation is 1. The molecule has 2 aromatic rings. The number of hydrogen-bond donors (Lipinski definition) is 0. The number of hydrogen-bond acceptors (Lipinski definition) is 2. The van der Waals surface area contributed by atoms with Crippen molar-refractivity contribution in [2.75, 3.05) is 0 Å². The van der Waals surface area contributed by atoms with E-state index in [2.05, 4.69) is 45.3 Å². The van der Waals surface area contributed by atoms with Gasteiger partial charge in [-0.2, -0.15) is 0 Å². The van der Waals surface area contributed by atoms with Crippen molar-refractivity contribution in [1.82, 2.24) is 15.0 Å². The van der Waals surface area contributed by atoms with Crippen LogP contribution >= 0.6 is 15.9 Å². The van der Waals surface area contributed by atoms with Crippen LogP contribution < -0.4 is 0 Å². The summed E-state index contributed by atoms with van der Waals surface area (Å²) in [4.78, 5) is 0. The van der Waals surface area contributed by atoms with Crippen LogP contribution in [0, 0.1) is 6.92 Å². The maximum Gasteiger partial charge on any atom is 0.0751 e. The Hall–Kier alpha value is -1.16. The molecular formula is C10H10BrN3. The van der Waals surface area contributed by atoms with Crippen LogP contribution in [0.25, 0.3) is 5.69 Å². The minimum Gasteiger partial charge on any atom is -0.217 e. The molecule has 0 unspecified atom stereocenters. The maximum absolute atomic E-state index is 4.04. The topological polar surface area (TPSA) is 30.7 Å². The number of alkyl halides is 1. The van der Waals surface area contributed by atoms with Gasteiger partial charge < -0.3 is 0 Å². The van der Waals surface area contributed by atoms with Crippen molar-refractivity contribution in [3.05, 3.63) is 41.7 Å². The Morgan fingerprint density at radius 1 is 1.43 bits per heavy atom. The Labute approximate surface area is 90.9 Å². The zero-order valence-corrected chi connectivity index (χ0v) is 9.40. The third-order valence-electron chi connectivity index (χ3n) is 2.00. The van der Waals surface area contributed by atoms with Crippen LogP contribution in [0.15, 0.2) is 30.5 Å². The van der Waals surface area contributed by atoms with Crippen molar-refractivity contribution in [3.63, 3.8) is 0 Å². The number of benzene rings is 1. The van der Waals surface area contributed by atoms with E-state index in [1.807, 2.05) is 16.8 Å². The van der Waals surface area contributed by atoms with E-state index in [0.29, 0.717) is 0 Å². The first-order chi connectivity index (χ1) is 6.81. The van der Waals surface area contributed by atoms with Crippen LogP contribution in [-0.4, -0.2) is 15.0 Å². The van der Waals surface area contributed by atoms with Gasteiger partial charge in [-0.25, -0.2) is 4.68 Å². The fraction of sp³-hybridized carbons (Fsp3) is 0.200. The second kappa shape index (κ2) is 3.92. The van der Waals surface area contributed by atoms with Crippen molar-refractivity contribution < 1.29 is 0 Å². The Balaban J connectivity index is 2.49. The number of rotatable bonds is 2. The Morgan fingerprint density at radius 3 is 3.00 bits per heavy atom. The van der Waals surface area contributed by atoms with Crippen molar-refractivity contribution in [3.8, 4) is 5.69 Å². The molecule has 0 spiro atoms. The van der Waals surface area contributed by atoms with Gasteiger partial charge in [-0.05, 0) is 24.6 Å². The van der Waals surface area contributed by atoms with Gasteiger partial charge in [0.05, 0.1) is 17.6 Å². The Kier molecular flexibility index (Phi) is 2.63. The highest BCUT2D eigenvalue weighted by molar-refractivity contribution is 9.08. The monoisotopic (exact) mass is 251 g/mol. The van der Waals surface area contributed by atoms with E-state index in [9.17, 15) is 0 Å². The fourth-order valence-electron chi connectivity index (χ4n) is 1.32. The lowest BCUT2D eigenvalue weighted by molar-refractivity contribution is 0.782. The minimum atomic E-state index is 0.758. The highest BCUT2D eigenvalue weighted by Gasteiger charge is 2.03. The SMILES string of the molecule is Cc1cccc(-n2nncc2CBr)c1. The van der Waals surface area contributed by atoms with Gasteiger partial charge in [0.25, 0.3) is 0 Å². The summed E-state index contributed by atoms with van der Waals surface area (Å²) in [6, 6.07) is 8.19. The third kappa shape index (κ3) is 1.70. The molecule has 0 aliphatic heterocycles. The summed E-state index contributed by atoms with van der Waals surface area (Å²) in [7, 11) is 0. The fourth-order valence-corrected chi connectivity index (χ4v) is 1.71. The lowest BCUT2D eigenvalue weighted by atomic mass is 10.2. The lowest BCUT2D eigenvalue weighted by Gasteiger charge is -2.04. The minimum absolute atomic E-state index is 0.758. The van der Waals surface area contributed by atoms with Gasteiger partial charge in [0.1, 0.15) is 0 Å². The van der Waals surface area contributed by atoms with E-state index in [-0.39, 0.29) is 0 Å². The van der Waals surface area contributed by atoms with Gasteiger partial charge in [0, 0.05) is 5.33 Å². The smallest absolute Gasteiger partial charge is 0.0751 e. The van der Waals surface area contributed by atoms with Crippen molar-refractivity contribution in [2.45, 2.75) is 12.3 Å². The van der Waals surface area contributed by atoms with Crippen molar-refractivity contribution >= 4 is 15.9 Å². The largest absolute Gasteiger partial charge is 0.217 e. The molecule has 0 N–H and O–H groups in total. The molecule has 0 aliphatic carbocycles. The average Bonchev–Trinajstić information content (AvgIpc) is 2.65. The van der Waals surface area contributed by atoms with E-state index >= 15 is 0 Å². The zero-order chi connectivity index (χ0) is 9.97. The molecule has 0 aliphatic rings. The summed E-state index contributed by atoms with van der Waals surface area (Å²) in [5.74, 6) is 0. The first-order valence-electron chi connectivity index (χ1n) is 4.34. The molecule has 1 aromatic carbocycles. The molecule has 3 nitrogen and oxygen atoms in total. The molecule has 4 heteroatoms. The average molecular weight is 252 g/mol. The molecule has 0 amide bonds. The van der Waals surface area contributed by atoms with Crippen LogP contribution in [-0.2, 0) is 5.33 Å². The van der Waals surface area contributed by atoms with Gasteiger partial charge in [-0.3, -0.25) is 0 Å². The van der Waals surface area contributed by atoms with E-state index in [1.165, 1.54) is 5.56 Å². The van der Waals surface area contributed by atoms with Crippen molar-refractivity contribution in [2.24, 2.45) is 0 Å². The summed E-state index contributed by atoms with van der Waals surface area (Å²) in [5.41, 5.74) is 3.33. The molecule has 0 saturated heterocycles. The van der Waals surface area contributed by atoms with Crippen molar-refractivity contribution in [1.29, 1.82) is 0 Å². The zero-order valence-electron chi connectivity index (χ0n) is 7.81. The first-order valence-corrected chi connectivity index (χ1v) is 5.46. The molecule has 72 valence electrons. The summed E-state index contributed by atoms with van der Waals surface area (Å²) in [6.07, 6.45) is 1.76. The van der Waals surface area contributed by atoms with Gasteiger partial charge in [0.15, 0.2) is 0 Å². The Morgan fingerprint density at radius 2 is 2.29 bits per heavy atom. The molecule has 0 bridgehead atoms.